The Bertz CT molecular complexity index is 507. The van der Waals surface area contributed by atoms with Gasteiger partial charge in [-0.15, -0.1) is 0 Å². The summed E-state index contributed by atoms with van der Waals surface area (Å²) >= 11 is 0. The van der Waals surface area contributed by atoms with Gasteiger partial charge in [-0.25, -0.2) is 0 Å². The van der Waals surface area contributed by atoms with Crippen LogP contribution < -0.4 is 21.9 Å². The van der Waals surface area contributed by atoms with Crippen LogP contribution in [0.1, 0.15) is 13.8 Å². The first-order chi connectivity index (χ1) is 9.17. The van der Waals surface area contributed by atoms with Gasteiger partial charge in [-0.05, 0) is 13.8 Å². The normalized spacial score (nSPS) is 28.8. The molecule has 0 aliphatic carbocycles. The van der Waals surface area contributed by atoms with Crippen molar-refractivity contribution in [3.63, 3.8) is 0 Å². The van der Waals surface area contributed by atoms with Crippen LogP contribution >= 0.6 is 0 Å². The predicted molar refractivity (Wildman–Crippen MR) is 63.4 cm³/mol. The second-order valence-corrected chi connectivity index (χ2v) is 6.11. The molecule has 12 nitrogen and oxygen atoms in total. The molecule has 0 saturated carbocycles. The highest BCUT2D eigenvalue weighted by molar-refractivity contribution is 7.82. The summed E-state index contributed by atoms with van der Waals surface area (Å²) in [6, 6.07) is -1.94. The van der Waals surface area contributed by atoms with Gasteiger partial charge >= 0.3 is 20.8 Å². The van der Waals surface area contributed by atoms with Crippen LogP contribution in [0.4, 0.5) is 0 Å². The minimum absolute atomic E-state index is 0.550. The molecule has 20 heavy (non-hydrogen) atoms. The van der Waals surface area contributed by atoms with Gasteiger partial charge in [-0.1, -0.05) is 0 Å². The van der Waals surface area contributed by atoms with Crippen molar-refractivity contribution in [1.29, 1.82) is 0 Å². The van der Waals surface area contributed by atoms with Gasteiger partial charge in [0.25, 0.3) is 0 Å². The third kappa shape index (κ3) is 5.52. The minimum Gasteiger partial charge on any atom is -0.185 e. The van der Waals surface area contributed by atoms with Crippen LogP contribution in [-0.4, -0.2) is 42.0 Å². The van der Waals surface area contributed by atoms with Gasteiger partial charge in [0.2, 0.25) is 0 Å². The Labute approximate surface area is 116 Å². The number of hydrogen-bond acceptors (Lipinski definition) is 12. The van der Waals surface area contributed by atoms with Gasteiger partial charge < -0.3 is 0 Å². The first-order valence-corrected chi connectivity index (χ1v) is 8.00. The molecule has 1 aliphatic rings. The van der Waals surface area contributed by atoms with Gasteiger partial charge in [0.15, 0.2) is 0 Å². The smallest absolute Gasteiger partial charge is 0.185 e. The Hall–Kier alpha value is -0.420. The molecule has 0 aromatic heterocycles. The second-order valence-electron chi connectivity index (χ2n) is 3.81. The summed E-state index contributed by atoms with van der Waals surface area (Å²) < 4.78 is 61.4. The summed E-state index contributed by atoms with van der Waals surface area (Å²) in [4.78, 5) is 0. The summed E-state index contributed by atoms with van der Waals surface area (Å²) in [6.45, 7) is 3.10. The first-order valence-electron chi connectivity index (χ1n) is 5.34. The fraction of sp³-hybridized carbons (Fsp3) is 1.00. The van der Waals surface area contributed by atoms with E-state index in [0.29, 0.717) is 0 Å². The van der Waals surface area contributed by atoms with Crippen molar-refractivity contribution in [2.24, 2.45) is 0 Å². The molecule has 4 N–H and O–H groups in total. The fourth-order valence-electron chi connectivity index (χ4n) is 1.30. The third-order valence-electron chi connectivity index (χ3n) is 2.22. The van der Waals surface area contributed by atoms with E-state index in [9.17, 15) is 16.8 Å². The predicted octanol–water partition coefficient (Wildman–Crippen LogP) is -2.65. The van der Waals surface area contributed by atoms with Gasteiger partial charge in [0, 0.05) is 7.05 Å². The van der Waals surface area contributed by atoms with Crippen LogP contribution in [0.2, 0.25) is 0 Å². The zero-order chi connectivity index (χ0) is 15.4. The molecule has 3 atom stereocenters. The molecule has 1 aliphatic heterocycles. The van der Waals surface area contributed by atoms with E-state index in [2.05, 4.69) is 33.6 Å². The average Bonchev–Trinajstić information content (AvgIpc) is 2.46. The standard InChI is InChI=1S/C6H16N4O8S2/c1-4(8-16-19(11,12)15-7-3)6-5(2)9-17-20(13,14)18-10-6/h4-10H,1-3H3. The van der Waals surface area contributed by atoms with Crippen LogP contribution in [0.3, 0.4) is 0 Å². The molecule has 120 valence electrons. The highest BCUT2D eigenvalue weighted by Crippen LogP contribution is 2.08. The van der Waals surface area contributed by atoms with E-state index in [4.69, 9.17) is 0 Å². The molecule has 1 fully saturated rings. The maximum Gasteiger partial charge on any atom is 0.432 e. The minimum atomic E-state index is -4.28. The Kier molecular flexibility index (Phi) is 6.20. The molecule has 14 heteroatoms. The number of hydrogen-bond donors (Lipinski definition) is 4. The van der Waals surface area contributed by atoms with Gasteiger partial charge in [-0.2, -0.15) is 55.9 Å². The molecule has 3 unspecified atom stereocenters. The Balaban J connectivity index is 2.60. The molecule has 0 amide bonds. The Morgan fingerprint density at radius 3 is 2.45 bits per heavy atom. The summed E-state index contributed by atoms with van der Waals surface area (Å²) in [6.07, 6.45) is 0. The third-order valence-corrected chi connectivity index (χ3v) is 3.49. The zero-order valence-corrected chi connectivity index (χ0v) is 12.4. The second kappa shape index (κ2) is 7.03. The lowest BCUT2D eigenvalue weighted by Crippen LogP contribution is -2.54. The van der Waals surface area contributed by atoms with E-state index < -0.39 is 38.9 Å². The summed E-state index contributed by atoms with van der Waals surface area (Å²) in [5.74, 6) is 0. The monoisotopic (exact) mass is 336 g/mol. The van der Waals surface area contributed by atoms with Crippen LogP contribution in [0.25, 0.3) is 0 Å². The van der Waals surface area contributed by atoms with Crippen molar-refractivity contribution in [3.8, 4) is 0 Å². The van der Waals surface area contributed by atoms with Gasteiger partial charge in [0.05, 0.1) is 18.1 Å². The molecule has 1 saturated heterocycles. The SMILES string of the molecule is CNOS(=O)(=O)ONC(C)C1NOS(=O)(=O)ONC1C. The van der Waals surface area contributed by atoms with Crippen LogP contribution in [0, 0.1) is 0 Å². The van der Waals surface area contributed by atoms with Crippen LogP contribution in [0.15, 0.2) is 0 Å². The maximum atomic E-state index is 11.1. The average molecular weight is 336 g/mol. The Morgan fingerprint density at radius 1 is 1.25 bits per heavy atom. The molecule has 0 radical (unpaired) electrons. The lowest BCUT2D eigenvalue weighted by atomic mass is 10.1. The number of rotatable bonds is 6. The topological polar surface area (TPSA) is 153 Å². The molecule has 0 spiro atoms. The largest absolute Gasteiger partial charge is 0.432 e. The summed E-state index contributed by atoms with van der Waals surface area (Å²) in [5, 5.41) is 0. The molecule has 1 rings (SSSR count). The summed E-state index contributed by atoms with van der Waals surface area (Å²) in [5.41, 5.74) is 8.56. The van der Waals surface area contributed by atoms with Crippen molar-refractivity contribution in [1.82, 2.24) is 21.9 Å². The maximum absolute atomic E-state index is 11.1. The Morgan fingerprint density at radius 2 is 1.85 bits per heavy atom. The van der Waals surface area contributed by atoms with Crippen molar-refractivity contribution in [2.75, 3.05) is 7.05 Å². The van der Waals surface area contributed by atoms with Crippen LogP contribution in [0.5, 0.6) is 0 Å². The van der Waals surface area contributed by atoms with Crippen molar-refractivity contribution in [3.05, 3.63) is 0 Å². The van der Waals surface area contributed by atoms with E-state index in [1.54, 1.807) is 6.92 Å². The van der Waals surface area contributed by atoms with Crippen molar-refractivity contribution in [2.45, 2.75) is 32.0 Å². The van der Waals surface area contributed by atoms with E-state index >= 15 is 0 Å². The van der Waals surface area contributed by atoms with Gasteiger partial charge in [-0.3, -0.25) is 0 Å². The molecule has 1 heterocycles. The number of hydroxylamine groups is 4. The first kappa shape index (κ1) is 17.6. The molecule has 0 aromatic rings. The van der Waals surface area contributed by atoms with E-state index in [-0.39, 0.29) is 0 Å². The highest BCUT2D eigenvalue weighted by Gasteiger charge is 2.32. The van der Waals surface area contributed by atoms with E-state index in [0.717, 1.165) is 0 Å². The lowest BCUT2D eigenvalue weighted by molar-refractivity contribution is 0.0632. The van der Waals surface area contributed by atoms with Gasteiger partial charge in [0.1, 0.15) is 0 Å². The van der Waals surface area contributed by atoms with E-state index in [1.165, 1.54) is 14.0 Å². The highest BCUT2D eigenvalue weighted by atomic mass is 32.3. The van der Waals surface area contributed by atoms with Crippen molar-refractivity contribution < 1.29 is 34.0 Å². The lowest BCUT2D eigenvalue weighted by Gasteiger charge is -2.25. The molecule has 0 aromatic carbocycles. The fourth-order valence-corrected chi connectivity index (χ4v) is 2.34. The molecular weight excluding hydrogens is 320 g/mol. The molecule has 0 bridgehead atoms. The summed E-state index contributed by atoms with van der Waals surface area (Å²) in [7, 11) is -7.25. The molecular formula is C6H16N4O8S2. The van der Waals surface area contributed by atoms with E-state index in [1.807, 2.05) is 5.48 Å². The zero-order valence-electron chi connectivity index (χ0n) is 10.8. The van der Waals surface area contributed by atoms with Crippen molar-refractivity contribution >= 4 is 20.8 Å². The quantitative estimate of drug-likeness (QED) is 0.375. The van der Waals surface area contributed by atoms with Crippen LogP contribution in [-0.2, 0) is 37.9 Å². The number of nitrogens with one attached hydrogen (secondary N) is 4.